The third-order valence-corrected chi connectivity index (χ3v) is 8.53. The first-order valence-electron chi connectivity index (χ1n) is 10.3. The van der Waals surface area contributed by atoms with E-state index in [1.165, 1.54) is 24.3 Å². The van der Waals surface area contributed by atoms with E-state index < -0.39 is 10.0 Å². The minimum atomic E-state index is -3.57. The summed E-state index contributed by atoms with van der Waals surface area (Å²) in [6, 6.07) is 6.74. The highest BCUT2D eigenvalue weighted by molar-refractivity contribution is 7.89. The van der Waals surface area contributed by atoms with Crippen molar-refractivity contribution in [2.75, 3.05) is 26.2 Å². The summed E-state index contributed by atoms with van der Waals surface area (Å²) in [6.07, 6.45) is 5.55. The zero-order valence-corrected chi connectivity index (χ0v) is 18.7. The SMILES string of the molecule is CC(=O)c1cccc(S(=O)(=O)N2CCC(N3CCC(Oc4nccs4)CC3)CC2)c1. The Balaban J connectivity index is 1.31. The molecule has 2 saturated heterocycles. The first kappa shape index (κ1) is 21.4. The van der Waals surface area contributed by atoms with Crippen LogP contribution >= 0.6 is 11.3 Å². The lowest BCUT2D eigenvalue weighted by Gasteiger charge is -2.41. The van der Waals surface area contributed by atoms with E-state index in [1.54, 1.807) is 28.7 Å². The number of likely N-dealkylation sites (tertiary alicyclic amines) is 1. The van der Waals surface area contributed by atoms with Crippen molar-refractivity contribution in [1.29, 1.82) is 0 Å². The number of hydrogen-bond acceptors (Lipinski definition) is 7. The molecule has 2 aliphatic heterocycles. The lowest BCUT2D eigenvalue weighted by atomic mass is 10.00. The van der Waals surface area contributed by atoms with Gasteiger partial charge in [0.2, 0.25) is 10.0 Å². The Morgan fingerprint density at radius 1 is 1.13 bits per heavy atom. The van der Waals surface area contributed by atoms with Crippen LogP contribution in [0.3, 0.4) is 0 Å². The van der Waals surface area contributed by atoms with E-state index in [1.807, 2.05) is 5.38 Å². The van der Waals surface area contributed by atoms with E-state index in [2.05, 4.69) is 9.88 Å². The Labute approximate surface area is 181 Å². The highest BCUT2D eigenvalue weighted by Gasteiger charge is 2.33. The number of ether oxygens (including phenoxy) is 1. The predicted octanol–water partition coefficient (Wildman–Crippen LogP) is 3.04. The number of carbonyl (C=O) groups excluding carboxylic acids is 1. The van der Waals surface area contributed by atoms with Crippen LogP contribution in [0.2, 0.25) is 0 Å². The van der Waals surface area contributed by atoms with Crippen LogP contribution in [-0.4, -0.2) is 66.7 Å². The van der Waals surface area contributed by atoms with Gasteiger partial charge in [-0.3, -0.25) is 4.79 Å². The van der Waals surface area contributed by atoms with E-state index in [0.29, 0.717) is 24.7 Å². The number of aromatic nitrogens is 1. The summed E-state index contributed by atoms with van der Waals surface area (Å²) in [5, 5.41) is 2.66. The summed E-state index contributed by atoms with van der Waals surface area (Å²) in [5.41, 5.74) is 0.425. The molecular formula is C21H27N3O4S2. The molecule has 30 heavy (non-hydrogen) atoms. The lowest BCUT2D eigenvalue weighted by Crippen LogP contribution is -2.50. The first-order valence-corrected chi connectivity index (χ1v) is 12.7. The molecule has 0 saturated carbocycles. The van der Waals surface area contributed by atoms with Crippen molar-refractivity contribution in [3.05, 3.63) is 41.4 Å². The number of hydrogen-bond donors (Lipinski definition) is 0. The summed E-state index contributed by atoms with van der Waals surface area (Å²) >= 11 is 1.52. The third kappa shape index (κ3) is 4.74. The fourth-order valence-corrected chi connectivity index (χ4v) is 6.31. The van der Waals surface area contributed by atoms with E-state index in [9.17, 15) is 13.2 Å². The minimum absolute atomic E-state index is 0.131. The Morgan fingerprint density at radius 3 is 2.50 bits per heavy atom. The number of sulfonamides is 1. The molecule has 1 aromatic carbocycles. The summed E-state index contributed by atoms with van der Waals surface area (Å²) in [7, 11) is -3.57. The zero-order valence-electron chi connectivity index (χ0n) is 17.1. The number of benzene rings is 1. The molecule has 162 valence electrons. The second-order valence-electron chi connectivity index (χ2n) is 7.87. The average Bonchev–Trinajstić information content (AvgIpc) is 3.27. The van der Waals surface area contributed by atoms with E-state index in [-0.39, 0.29) is 16.8 Å². The standard InChI is InChI=1S/C21H27N3O4S2/c1-16(25)17-3-2-4-20(15-17)30(26,27)24-12-5-18(6-13-24)23-10-7-19(8-11-23)28-21-22-9-14-29-21/h2-4,9,14-15,18-19H,5-8,10-13H2,1H3. The molecule has 2 aromatic rings. The molecule has 0 unspecified atom stereocenters. The van der Waals surface area contributed by atoms with Crippen LogP contribution in [0, 0.1) is 0 Å². The Kier molecular flexibility index (Phi) is 6.52. The molecule has 0 bridgehead atoms. The fraction of sp³-hybridized carbons (Fsp3) is 0.524. The number of thiazole rings is 1. The molecule has 7 nitrogen and oxygen atoms in total. The van der Waals surface area contributed by atoms with Crippen molar-refractivity contribution in [2.45, 2.75) is 49.6 Å². The Morgan fingerprint density at radius 2 is 1.87 bits per heavy atom. The van der Waals surface area contributed by atoms with Gasteiger partial charge in [-0.2, -0.15) is 4.31 Å². The van der Waals surface area contributed by atoms with Gasteiger partial charge in [-0.25, -0.2) is 13.4 Å². The van der Waals surface area contributed by atoms with Crippen molar-refractivity contribution in [3.8, 4) is 5.19 Å². The third-order valence-electron chi connectivity index (χ3n) is 5.97. The van der Waals surface area contributed by atoms with Gasteiger partial charge < -0.3 is 9.64 Å². The van der Waals surface area contributed by atoms with Crippen molar-refractivity contribution >= 4 is 27.1 Å². The van der Waals surface area contributed by atoms with Crippen molar-refractivity contribution in [1.82, 2.24) is 14.2 Å². The van der Waals surface area contributed by atoms with Gasteiger partial charge in [-0.05, 0) is 44.7 Å². The number of Topliss-reactive ketones (excluding diaryl/α,β-unsaturated/α-hetero) is 1. The summed E-state index contributed by atoms with van der Waals surface area (Å²) in [6.45, 7) is 4.39. The fourth-order valence-electron chi connectivity index (χ4n) is 4.24. The van der Waals surface area contributed by atoms with Gasteiger partial charge in [0.05, 0.1) is 4.90 Å². The van der Waals surface area contributed by atoms with Gasteiger partial charge in [-0.1, -0.05) is 23.5 Å². The molecule has 0 N–H and O–H groups in total. The number of ketones is 1. The summed E-state index contributed by atoms with van der Waals surface area (Å²) in [5.74, 6) is -0.131. The molecule has 0 spiro atoms. The maximum atomic E-state index is 13.0. The van der Waals surface area contributed by atoms with Gasteiger partial charge >= 0.3 is 0 Å². The van der Waals surface area contributed by atoms with E-state index >= 15 is 0 Å². The van der Waals surface area contributed by atoms with Gasteiger partial charge in [-0.15, -0.1) is 0 Å². The van der Waals surface area contributed by atoms with Crippen LogP contribution in [0.5, 0.6) is 5.19 Å². The minimum Gasteiger partial charge on any atom is -0.467 e. The summed E-state index contributed by atoms with van der Waals surface area (Å²) in [4.78, 5) is 18.5. The molecule has 0 amide bonds. The Hall–Kier alpha value is -1.81. The smallest absolute Gasteiger partial charge is 0.273 e. The van der Waals surface area contributed by atoms with E-state index in [0.717, 1.165) is 44.0 Å². The average molecular weight is 450 g/mol. The van der Waals surface area contributed by atoms with Gasteiger partial charge in [0, 0.05) is 49.4 Å². The summed E-state index contributed by atoms with van der Waals surface area (Å²) < 4.78 is 33.5. The molecule has 3 heterocycles. The van der Waals surface area contributed by atoms with Crippen LogP contribution < -0.4 is 4.74 Å². The molecule has 2 fully saturated rings. The molecular weight excluding hydrogens is 422 g/mol. The molecule has 1 aromatic heterocycles. The number of carbonyl (C=O) groups is 1. The Bertz CT molecular complexity index is 962. The highest BCUT2D eigenvalue weighted by Crippen LogP contribution is 2.27. The molecule has 4 rings (SSSR count). The van der Waals surface area contributed by atoms with Crippen LogP contribution in [0.1, 0.15) is 43.0 Å². The van der Waals surface area contributed by atoms with Gasteiger partial charge in [0.25, 0.3) is 5.19 Å². The van der Waals surface area contributed by atoms with E-state index in [4.69, 9.17) is 4.74 Å². The van der Waals surface area contributed by atoms with Crippen LogP contribution in [0.15, 0.2) is 40.7 Å². The first-order chi connectivity index (χ1) is 14.4. The topological polar surface area (TPSA) is 79.8 Å². The second-order valence-corrected chi connectivity index (χ2v) is 10.7. The molecule has 0 radical (unpaired) electrons. The maximum absolute atomic E-state index is 13.0. The molecule has 9 heteroatoms. The zero-order chi connectivity index (χ0) is 21.1. The van der Waals surface area contributed by atoms with Crippen LogP contribution in [-0.2, 0) is 10.0 Å². The van der Waals surface area contributed by atoms with Crippen molar-refractivity contribution < 1.29 is 17.9 Å². The van der Waals surface area contributed by atoms with Gasteiger partial charge in [0.1, 0.15) is 6.10 Å². The normalized spacial score (nSPS) is 20.3. The number of piperidine rings is 2. The van der Waals surface area contributed by atoms with Crippen LogP contribution in [0.4, 0.5) is 0 Å². The highest BCUT2D eigenvalue weighted by atomic mass is 32.2. The second kappa shape index (κ2) is 9.13. The number of rotatable bonds is 6. The quantitative estimate of drug-likeness (QED) is 0.631. The van der Waals surface area contributed by atoms with Crippen molar-refractivity contribution in [2.24, 2.45) is 0 Å². The van der Waals surface area contributed by atoms with Crippen LogP contribution in [0.25, 0.3) is 0 Å². The van der Waals surface area contributed by atoms with Crippen molar-refractivity contribution in [3.63, 3.8) is 0 Å². The molecule has 0 aliphatic carbocycles. The lowest BCUT2D eigenvalue weighted by molar-refractivity contribution is 0.0584. The number of nitrogens with zero attached hydrogens (tertiary/aromatic N) is 3. The maximum Gasteiger partial charge on any atom is 0.273 e. The largest absolute Gasteiger partial charge is 0.467 e. The molecule has 0 atom stereocenters. The monoisotopic (exact) mass is 449 g/mol. The molecule has 2 aliphatic rings. The van der Waals surface area contributed by atoms with Gasteiger partial charge in [0.15, 0.2) is 5.78 Å². The predicted molar refractivity (Wildman–Crippen MR) is 116 cm³/mol.